The number of ether oxygens (including phenoxy) is 1. The first-order valence-corrected chi connectivity index (χ1v) is 12.6. The topological polar surface area (TPSA) is 69.0 Å². The number of carbonyl (C=O) groups excluding carboxylic acids is 1. The van der Waals surface area contributed by atoms with Crippen molar-refractivity contribution in [3.05, 3.63) is 99.3 Å². The minimum absolute atomic E-state index is 0.199. The molecule has 0 saturated heterocycles. The first kappa shape index (κ1) is 25.1. The van der Waals surface area contributed by atoms with Crippen LogP contribution in [0.15, 0.2) is 71.9 Å². The van der Waals surface area contributed by atoms with Gasteiger partial charge in [-0.2, -0.15) is 0 Å². The average Bonchev–Trinajstić information content (AvgIpc) is 3.28. The lowest BCUT2D eigenvalue weighted by atomic mass is 10.1. The number of amides is 1. The summed E-state index contributed by atoms with van der Waals surface area (Å²) in [5, 5.41) is 13.5. The largest absolute Gasteiger partial charge is 0.497 e. The molecule has 3 aromatic carbocycles. The molecule has 4 rings (SSSR count). The third-order valence-corrected chi connectivity index (χ3v) is 6.91. The van der Waals surface area contributed by atoms with Gasteiger partial charge in [-0.25, -0.2) is 0 Å². The van der Waals surface area contributed by atoms with Crippen molar-refractivity contribution < 1.29 is 9.53 Å². The highest BCUT2D eigenvalue weighted by Gasteiger charge is 2.23. The van der Waals surface area contributed by atoms with Gasteiger partial charge in [0.1, 0.15) is 5.75 Å². The van der Waals surface area contributed by atoms with Crippen LogP contribution in [0, 0.1) is 6.92 Å². The standard InChI is InChI=1S/C26H24Cl2N4O2S/c1-16-7-9-19(10-8-16)25(33)29-17(2)24-30-31-26(32(24)23-14-20(27)11-12-22(23)28)35-15-18-5-4-6-21(13-18)34-3/h4-14,17H,15H2,1-3H3,(H,29,33). The molecule has 0 spiro atoms. The fourth-order valence-electron chi connectivity index (χ4n) is 3.50. The molecule has 0 aliphatic rings. The number of methoxy groups -OCH3 is 1. The van der Waals surface area contributed by atoms with Crippen LogP contribution in [0.5, 0.6) is 5.75 Å². The van der Waals surface area contributed by atoms with Crippen molar-refractivity contribution in [2.45, 2.75) is 30.8 Å². The first-order chi connectivity index (χ1) is 16.9. The van der Waals surface area contributed by atoms with Crippen LogP contribution < -0.4 is 10.1 Å². The zero-order valence-electron chi connectivity index (χ0n) is 19.5. The Kier molecular flexibility index (Phi) is 8.00. The van der Waals surface area contributed by atoms with Crippen molar-refractivity contribution in [1.29, 1.82) is 0 Å². The first-order valence-electron chi connectivity index (χ1n) is 10.9. The van der Waals surface area contributed by atoms with Gasteiger partial charge in [-0.15, -0.1) is 10.2 Å². The molecule has 180 valence electrons. The second-order valence-electron chi connectivity index (χ2n) is 7.97. The molecule has 1 amide bonds. The molecule has 4 aromatic rings. The zero-order valence-corrected chi connectivity index (χ0v) is 21.8. The number of hydrogen-bond acceptors (Lipinski definition) is 5. The van der Waals surface area contributed by atoms with Crippen molar-refractivity contribution in [2.75, 3.05) is 7.11 Å². The lowest BCUT2D eigenvalue weighted by Gasteiger charge is -2.17. The molecule has 0 bridgehead atoms. The van der Waals surface area contributed by atoms with Gasteiger partial charge in [0.2, 0.25) is 0 Å². The number of hydrogen-bond donors (Lipinski definition) is 1. The van der Waals surface area contributed by atoms with Gasteiger partial charge in [-0.1, -0.05) is 64.8 Å². The normalized spacial score (nSPS) is 11.8. The third kappa shape index (κ3) is 5.99. The molecule has 1 aromatic heterocycles. The Morgan fingerprint density at radius 2 is 1.86 bits per heavy atom. The van der Waals surface area contributed by atoms with Gasteiger partial charge in [-0.05, 0) is 61.9 Å². The molecule has 1 N–H and O–H groups in total. The van der Waals surface area contributed by atoms with Gasteiger partial charge in [0.25, 0.3) is 5.91 Å². The Morgan fingerprint density at radius 1 is 1.09 bits per heavy atom. The summed E-state index contributed by atoms with van der Waals surface area (Å²) in [5.74, 6) is 1.77. The van der Waals surface area contributed by atoms with E-state index in [-0.39, 0.29) is 5.91 Å². The lowest BCUT2D eigenvalue weighted by Crippen LogP contribution is -2.28. The molecule has 0 radical (unpaired) electrons. The fraction of sp³-hybridized carbons (Fsp3) is 0.192. The van der Waals surface area contributed by atoms with Crippen LogP contribution in [0.2, 0.25) is 10.0 Å². The van der Waals surface area contributed by atoms with E-state index in [4.69, 9.17) is 27.9 Å². The molecule has 0 fully saturated rings. The SMILES string of the molecule is COc1cccc(CSc2nnc(C(C)NC(=O)c3ccc(C)cc3)n2-c2cc(Cl)ccc2Cl)c1. The van der Waals surface area contributed by atoms with Gasteiger partial charge in [-0.3, -0.25) is 9.36 Å². The minimum atomic E-state index is -0.447. The number of nitrogens with zero attached hydrogens (tertiary/aromatic N) is 3. The highest BCUT2D eigenvalue weighted by atomic mass is 35.5. The minimum Gasteiger partial charge on any atom is -0.497 e. The number of aromatic nitrogens is 3. The van der Waals surface area contributed by atoms with E-state index in [1.807, 2.05) is 54.8 Å². The highest BCUT2D eigenvalue weighted by molar-refractivity contribution is 7.98. The Morgan fingerprint density at radius 3 is 2.60 bits per heavy atom. The van der Waals surface area contributed by atoms with E-state index in [1.165, 1.54) is 11.8 Å². The van der Waals surface area contributed by atoms with E-state index in [9.17, 15) is 4.79 Å². The van der Waals surface area contributed by atoms with E-state index in [0.29, 0.717) is 38.0 Å². The molecule has 9 heteroatoms. The number of rotatable bonds is 8. The van der Waals surface area contributed by atoms with Crippen LogP contribution in [0.4, 0.5) is 0 Å². The Balaban J connectivity index is 1.66. The van der Waals surface area contributed by atoms with E-state index < -0.39 is 6.04 Å². The van der Waals surface area contributed by atoms with Crippen LogP contribution >= 0.6 is 35.0 Å². The summed E-state index contributed by atoms with van der Waals surface area (Å²) in [6, 6.07) is 20.0. The van der Waals surface area contributed by atoms with Crippen LogP contribution in [0.25, 0.3) is 5.69 Å². The fourth-order valence-corrected chi connectivity index (χ4v) is 4.76. The number of carbonyl (C=O) groups is 1. The number of thioether (sulfide) groups is 1. The van der Waals surface area contributed by atoms with Crippen molar-refractivity contribution in [2.24, 2.45) is 0 Å². The summed E-state index contributed by atoms with van der Waals surface area (Å²) < 4.78 is 7.18. The molecule has 6 nitrogen and oxygen atoms in total. The van der Waals surface area contributed by atoms with Gasteiger partial charge in [0.05, 0.1) is 23.9 Å². The Labute approximate surface area is 218 Å². The Hall–Kier alpha value is -3.00. The highest BCUT2D eigenvalue weighted by Crippen LogP contribution is 2.33. The van der Waals surface area contributed by atoms with Crippen molar-refractivity contribution in [3.8, 4) is 11.4 Å². The number of benzene rings is 3. The lowest BCUT2D eigenvalue weighted by molar-refractivity contribution is 0.0938. The van der Waals surface area contributed by atoms with E-state index >= 15 is 0 Å². The molecule has 0 aliphatic heterocycles. The maximum atomic E-state index is 12.9. The smallest absolute Gasteiger partial charge is 0.251 e. The third-order valence-electron chi connectivity index (χ3n) is 5.36. The molecular formula is C26H24Cl2N4O2S. The molecule has 1 atom stereocenters. The second-order valence-corrected chi connectivity index (χ2v) is 9.76. The van der Waals surface area contributed by atoms with Gasteiger partial charge in [0.15, 0.2) is 11.0 Å². The van der Waals surface area contributed by atoms with E-state index in [0.717, 1.165) is 16.9 Å². The summed E-state index contributed by atoms with van der Waals surface area (Å²) in [7, 11) is 1.64. The van der Waals surface area contributed by atoms with Crippen LogP contribution in [0.3, 0.4) is 0 Å². The summed E-state index contributed by atoms with van der Waals surface area (Å²) in [5.41, 5.74) is 3.37. The maximum absolute atomic E-state index is 12.9. The molecule has 35 heavy (non-hydrogen) atoms. The van der Waals surface area contributed by atoms with E-state index in [1.54, 1.807) is 37.4 Å². The summed E-state index contributed by atoms with van der Waals surface area (Å²) in [6.45, 7) is 3.84. The number of halogens is 2. The monoisotopic (exact) mass is 526 g/mol. The Bertz CT molecular complexity index is 1340. The molecular weight excluding hydrogens is 503 g/mol. The van der Waals surface area contributed by atoms with Crippen LogP contribution in [0.1, 0.15) is 40.3 Å². The summed E-state index contributed by atoms with van der Waals surface area (Å²) in [6.07, 6.45) is 0. The quantitative estimate of drug-likeness (QED) is 0.259. The van der Waals surface area contributed by atoms with Gasteiger partial charge < -0.3 is 10.1 Å². The molecule has 0 saturated carbocycles. The average molecular weight is 527 g/mol. The van der Waals surface area contributed by atoms with Crippen LogP contribution in [-0.4, -0.2) is 27.8 Å². The van der Waals surface area contributed by atoms with Crippen LogP contribution in [-0.2, 0) is 5.75 Å². The van der Waals surface area contributed by atoms with Gasteiger partial charge in [0, 0.05) is 16.3 Å². The predicted octanol–water partition coefficient (Wildman–Crippen LogP) is 6.67. The molecule has 1 heterocycles. The number of nitrogens with one attached hydrogen (secondary N) is 1. The predicted molar refractivity (Wildman–Crippen MR) is 141 cm³/mol. The molecule has 0 aliphatic carbocycles. The van der Waals surface area contributed by atoms with Crippen molar-refractivity contribution >= 4 is 40.9 Å². The zero-order chi connectivity index (χ0) is 24.9. The maximum Gasteiger partial charge on any atom is 0.251 e. The molecule has 1 unspecified atom stereocenters. The summed E-state index contributed by atoms with van der Waals surface area (Å²) in [4.78, 5) is 12.9. The van der Waals surface area contributed by atoms with Crippen molar-refractivity contribution in [3.63, 3.8) is 0 Å². The second kappa shape index (κ2) is 11.2. The summed E-state index contributed by atoms with van der Waals surface area (Å²) >= 11 is 14.4. The van der Waals surface area contributed by atoms with Crippen molar-refractivity contribution in [1.82, 2.24) is 20.1 Å². The van der Waals surface area contributed by atoms with Gasteiger partial charge >= 0.3 is 0 Å². The van der Waals surface area contributed by atoms with E-state index in [2.05, 4.69) is 15.5 Å². The number of aryl methyl sites for hydroxylation is 1.